The molecular weight excluding hydrogens is 310 g/mol. The zero-order valence-electron chi connectivity index (χ0n) is 14.3. The molecule has 0 aliphatic carbocycles. The Morgan fingerprint density at radius 3 is 2.48 bits per heavy atom. The van der Waals surface area contributed by atoms with E-state index in [0.29, 0.717) is 11.3 Å². The van der Waals surface area contributed by atoms with Crippen LogP contribution in [-0.4, -0.2) is 4.98 Å². The minimum absolute atomic E-state index is 0.265. The van der Waals surface area contributed by atoms with Crippen molar-refractivity contribution < 1.29 is 4.74 Å². The summed E-state index contributed by atoms with van der Waals surface area (Å²) in [5.41, 5.74) is 10.0. The highest BCUT2D eigenvalue weighted by atomic mass is 16.5. The summed E-state index contributed by atoms with van der Waals surface area (Å²) in [6.07, 6.45) is 0.771. The summed E-state index contributed by atoms with van der Waals surface area (Å²) in [5, 5.41) is 9.57. The van der Waals surface area contributed by atoms with Crippen molar-refractivity contribution in [2.24, 2.45) is 0 Å². The number of aryl methyl sites for hydroxylation is 1. The van der Waals surface area contributed by atoms with Gasteiger partial charge in [0.2, 0.25) is 0 Å². The summed E-state index contributed by atoms with van der Waals surface area (Å²) in [7, 11) is 0. The molecule has 4 nitrogen and oxygen atoms in total. The second-order valence-corrected chi connectivity index (χ2v) is 5.72. The minimum Gasteiger partial charge on any atom is -0.457 e. The molecule has 0 aliphatic heterocycles. The average Bonchev–Trinajstić information content (AvgIpc) is 2.62. The number of ether oxygens (including phenoxy) is 1. The van der Waals surface area contributed by atoms with Crippen molar-refractivity contribution in [3.8, 4) is 28.7 Å². The summed E-state index contributed by atoms with van der Waals surface area (Å²) in [6, 6.07) is 19.5. The van der Waals surface area contributed by atoms with Crippen LogP contribution in [0.25, 0.3) is 11.1 Å². The molecule has 0 saturated heterocycles. The number of nitrogens with two attached hydrogens (primary N) is 1. The van der Waals surface area contributed by atoms with E-state index in [1.165, 1.54) is 0 Å². The number of pyridine rings is 1. The molecule has 3 aromatic rings. The van der Waals surface area contributed by atoms with Crippen LogP contribution in [0.5, 0.6) is 11.5 Å². The fourth-order valence-electron chi connectivity index (χ4n) is 2.97. The van der Waals surface area contributed by atoms with E-state index in [-0.39, 0.29) is 5.82 Å². The first-order valence-electron chi connectivity index (χ1n) is 8.16. The second-order valence-electron chi connectivity index (χ2n) is 5.72. The molecule has 0 fully saturated rings. The molecule has 2 N–H and O–H groups in total. The predicted molar refractivity (Wildman–Crippen MR) is 99.4 cm³/mol. The van der Waals surface area contributed by atoms with Gasteiger partial charge in [-0.1, -0.05) is 37.3 Å². The summed E-state index contributed by atoms with van der Waals surface area (Å²) in [5.74, 6) is 1.74. The molecule has 0 atom stereocenters. The largest absolute Gasteiger partial charge is 0.457 e. The van der Waals surface area contributed by atoms with Gasteiger partial charge in [0, 0.05) is 11.3 Å². The molecule has 25 heavy (non-hydrogen) atoms. The molecule has 124 valence electrons. The lowest BCUT2D eigenvalue weighted by molar-refractivity contribution is 0.483. The van der Waals surface area contributed by atoms with E-state index < -0.39 is 0 Å². The number of aromatic nitrogens is 1. The van der Waals surface area contributed by atoms with Crippen molar-refractivity contribution in [2.75, 3.05) is 5.73 Å². The number of hydrogen-bond donors (Lipinski definition) is 1. The van der Waals surface area contributed by atoms with Crippen LogP contribution in [0.4, 0.5) is 5.82 Å². The molecule has 2 aromatic carbocycles. The fourth-order valence-corrected chi connectivity index (χ4v) is 2.97. The number of nitrogens with zero attached hydrogens (tertiary/aromatic N) is 2. The maximum Gasteiger partial charge on any atom is 0.142 e. The molecule has 0 amide bonds. The van der Waals surface area contributed by atoms with Gasteiger partial charge in [0.15, 0.2) is 0 Å². The van der Waals surface area contributed by atoms with E-state index >= 15 is 0 Å². The molecule has 1 heterocycles. The van der Waals surface area contributed by atoms with Crippen LogP contribution in [0.3, 0.4) is 0 Å². The second kappa shape index (κ2) is 7.06. The number of hydrogen-bond acceptors (Lipinski definition) is 4. The van der Waals surface area contributed by atoms with E-state index in [0.717, 1.165) is 34.6 Å². The van der Waals surface area contributed by atoms with Crippen molar-refractivity contribution in [1.82, 2.24) is 4.98 Å². The number of nitrogen functional groups attached to an aromatic ring is 1. The minimum atomic E-state index is 0.265. The van der Waals surface area contributed by atoms with Crippen LogP contribution in [0, 0.1) is 18.3 Å². The smallest absolute Gasteiger partial charge is 0.142 e. The van der Waals surface area contributed by atoms with Gasteiger partial charge in [-0.2, -0.15) is 5.26 Å². The van der Waals surface area contributed by atoms with Gasteiger partial charge < -0.3 is 10.5 Å². The van der Waals surface area contributed by atoms with E-state index in [2.05, 4.69) is 18.0 Å². The SMILES string of the molecule is CCc1c(C)nc(N)c(C#N)c1-c1cccc(Oc2ccccc2)c1. The number of para-hydroxylation sites is 1. The van der Waals surface area contributed by atoms with E-state index in [1.54, 1.807) is 0 Å². The van der Waals surface area contributed by atoms with Crippen LogP contribution in [0.2, 0.25) is 0 Å². The van der Waals surface area contributed by atoms with E-state index in [4.69, 9.17) is 10.5 Å². The molecule has 0 aliphatic rings. The number of nitriles is 1. The summed E-state index contributed by atoms with van der Waals surface area (Å²) in [4.78, 5) is 4.32. The maximum absolute atomic E-state index is 9.57. The van der Waals surface area contributed by atoms with Gasteiger partial charge in [0.25, 0.3) is 0 Å². The predicted octanol–water partition coefficient (Wildman–Crippen LogP) is 4.87. The van der Waals surface area contributed by atoms with Crippen molar-refractivity contribution in [3.63, 3.8) is 0 Å². The molecule has 0 saturated carbocycles. The van der Waals surface area contributed by atoms with E-state index in [1.807, 2.05) is 61.5 Å². The molecule has 0 radical (unpaired) electrons. The topological polar surface area (TPSA) is 71.9 Å². The van der Waals surface area contributed by atoms with Crippen molar-refractivity contribution >= 4 is 5.82 Å². The van der Waals surface area contributed by atoms with Gasteiger partial charge in [0.05, 0.1) is 0 Å². The maximum atomic E-state index is 9.57. The third-order valence-electron chi connectivity index (χ3n) is 4.10. The monoisotopic (exact) mass is 329 g/mol. The van der Waals surface area contributed by atoms with Gasteiger partial charge in [-0.15, -0.1) is 0 Å². The first kappa shape index (κ1) is 16.5. The summed E-state index contributed by atoms with van der Waals surface area (Å²) in [6.45, 7) is 3.97. The Bertz CT molecular complexity index is 943. The molecule has 1 aromatic heterocycles. The molecular formula is C21H19N3O. The Hall–Kier alpha value is -3.32. The van der Waals surface area contributed by atoms with Crippen LogP contribution >= 0.6 is 0 Å². The van der Waals surface area contributed by atoms with Gasteiger partial charge >= 0.3 is 0 Å². The number of rotatable bonds is 4. The Morgan fingerprint density at radius 1 is 1.08 bits per heavy atom. The van der Waals surface area contributed by atoms with Gasteiger partial charge in [0.1, 0.15) is 28.9 Å². The van der Waals surface area contributed by atoms with Gasteiger partial charge in [-0.25, -0.2) is 4.98 Å². The van der Waals surface area contributed by atoms with Crippen molar-refractivity contribution in [1.29, 1.82) is 5.26 Å². The fraction of sp³-hybridized carbons (Fsp3) is 0.143. The standard InChI is InChI=1S/C21H19N3O/c1-3-18-14(2)24-21(23)19(13-22)20(18)15-8-7-11-17(12-15)25-16-9-5-4-6-10-16/h4-12H,3H2,1-2H3,(H2,23,24). The highest BCUT2D eigenvalue weighted by molar-refractivity contribution is 5.79. The average molecular weight is 329 g/mol. The zero-order valence-corrected chi connectivity index (χ0v) is 14.3. The Labute approximate surface area is 147 Å². The van der Waals surface area contributed by atoms with Crippen LogP contribution in [0.15, 0.2) is 54.6 Å². The Kier molecular flexibility index (Phi) is 4.67. The van der Waals surface area contributed by atoms with Gasteiger partial charge in [-0.05, 0) is 48.7 Å². The third-order valence-corrected chi connectivity index (χ3v) is 4.10. The van der Waals surface area contributed by atoms with Crippen LogP contribution < -0.4 is 10.5 Å². The van der Waals surface area contributed by atoms with Crippen molar-refractivity contribution in [3.05, 3.63) is 71.4 Å². The number of benzene rings is 2. The molecule has 3 rings (SSSR count). The molecule has 0 unspecified atom stereocenters. The lowest BCUT2D eigenvalue weighted by Gasteiger charge is -2.15. The van der Waals surface area contributed by atoms with Crippen molar-refractivity contribution in [2.45, 2.75) is 20.3 Å². The first-order valence-corrected chi connectivity index (χ1v) is 8.16. The lowest BCUT2D eigenvalue weighted by atomic mass is 9.93. The summed E-state index contributed by atoms with van der Waals surface area (Å²) < 4.78 is 5.92. The quantitative estimate of drug-likeness (QED) is 0.741. The highest BCUT2D eigenvalue weighted by Gasteiger charge is 2.17. The molecule has 0 bridgehead atoms. The lowest BCUT2D eigenvalue weighted by Crippen LogP contribution is -2.05. The van der Waals surface area contributed by atoms with E-state index in [9.17, 15) is 5.26 Å². The van der Waals surface area contributed by atoms with Crippen LogP contribution in [0.1, 0.15) is 23.7 Å². The molecule has 0 spiro atoms. The third kappa shape index (κ3) is 3.31. The highest BCUT2D eigenvalue weighted by Crippen LogP contribution is 2.34. The Balaban J connectivity index is 2.12. The summed E-state index contributed by atoms with van der Waals surface area (Å²) >= 11 is 0. The zero-order chi connectivity index (χ0) is 17.8. The first-order chi connectivity index (χ1) is 12.1. The van der Waals surface area contributed by atoms with Gasteiger partial charge in [-0.3, -0.25) is 0 Å². The number of anilines is 1. The van der Waals surface area contributed by atoms with Crippen LogP contribution in [-0.2, 0) is 6.42 Å². The normalized spacial score (nSPS) is 10.3. The Morgan fingerprint density at radius 2 is 1.80 bits per heavy atom. The molecule has 4 heteroatoms.